The second kappa shape index (κ2) is 6.86. The molecule has 4 heteroatoms. The molecule has 0 saturated heterocycles. The number of amides is 1. The van der Waals surface area contributed by atoms with Gasteiger partial charge in [-0.3, -0.25) is 4.79 Å². The van der Waals surface area contributed by atoms with Crippen molar-refractivity contribution in [2.75, 3.05) is 6.61 Å². The van der Waals surface area contributed by atoms with E-state index in [2.05, 4.69) is 5.32 Å². The number of carbonyl (C=O) groups excluding carboxylic acids is 1. The van der Waals surface area contributed by atoms with Crippen LogP contribution in [-0.4, -0.2) is 30.7 Å². The summed E-state index contributed by atoms with van der Waals surface area (Å²) >= 11 is 0. The van der Waals surface area contributed by atoms with Gasteiger partial charge in [-0.2, -0.15) is 0 Å². The van der Waals surface area contributed by atoms with Gasteiger partial charge < -0.3 is 15.8 Å². The molecule has 1 rings (SSSR count). The molecule has 1 aliphatic carbocycles. The molecule has 0 aromatic carbocycles. The summed E-state index contributed by atoms with van der Waals surface area (Å²) in [5.41, 5.74) is 5.80. The first-order valence-electron chi connectivity index (χ1n) is 6.28. The van der Waals surface area contributed by atoms with Crippen molar-refractivity contribution >= 4 is 5.91 Å². The Hall–Kier alpha value is -0.610. The fourth-order valence-corrected chi connectivity index (χ4v) is 1.87. The minimum Gasteiger partial charge on any atom is -0.368 e. The fraction of sp³-hybridized carbons (Fsp3) is 0.917. The Labute approximate surface area is 97.9 Å². The Balaban J connectivity index is 2.12. The van der Waals surface area contributed by atoms with E-state index in [1.807, 2.05) is 13.8 Å². The normalized spacial score (nSPS) is 27.4. The van der Waals surface area contributed by atoms with Crippen LogP contribution in [0.15, 0.2) is 0 Å². The number of hydrogen-bond donors (Lipinski definition) is 2. The van der Waals surface area contributed by atoms with Crippen molar-refractivity contribution in [2.24, 2.45) is 5.73 Å². The third-order valence-corrected chi connectivity index (χ3v) is 3.19. The molecular formula is C12H24N2O2. The van der Waals surface area contributed by atoms with Crippen LogP contribution >= 0.6 is 0 Å². The number of rotatable bonds is 5. The molecule has 1 atom stereocenters. The van der Waals surface area contributed by atoms with Gasteiger partial charge in [0.1, 0.15) is 6.61 Å². The first-order valence-corrected chi connectivity index (χ1v) is 6.28. The number of carbonyl (C=O) groups is 1. The van der Waals surface area contributed by atoms with Gasteiger partial charge in [0.15, 0.2) is 0 Å². The average Bonchev–Trinajstić information content (AvgIpc) is 2.28. The van der Waals surface area contributed by atoms with E-state index < -0.39 is 0 Å². The van der Waals surface area contributed by atoms with Gasteiger partial charge in [-0.15, -0.1) is 0 Å². The molecular weight excluding hydrogens is 204 g/mol. The van der Waals surface area contributed by atoms with E-state index in [1.165, 1.54) is 0 Å². The molecule has 0 aromatic heterocycles. The molecule has 0 aromatic rings. The molecule has 4 nitrogen and oxygen atoms in total. The topological polar surface area (TPSA) is 64.3 Å². The molecule has 0 heterocycles. The molecule has 1 aliphatic rings. The summed E-state index contributed by atoms with van der Waals surface area (Å²) in [6.45, 7) is 4.23. The highest BCUT2D eigenvalue weighted by atomic mass is 16.5. The molecule has 94 valence electrons. The Kier molecular flexibility index (Phi) is 5.77. The molecule has 3 N–H and O–H groups in total. The lowest BCUT2D eigenvalue weighted by atomic mass is 9.94. The van der Waals surface area contributed by atoms with Crippen molar-refractivity contribution < 1.29 is 9.53 Å². The lowest BCUT2D eigenvalue weighted by molar-refractivity contribution is -0.129. The third kappa shape index (κ3) is 4.94. The number of hydrogen-bond acceptors (Lipinski definition) is 3. The quantitative estimate of drug-likeness (QED) is 0.743. The minimum absolute atomic E-state index is 0.00998. The monoisotopic (exact) mass is 228 g/mol. The second-order valence-electron chi connectivity index (χ2n) is 4.72. The first kappa shape index (κ1) is 13.5. The van der Waals surface area contributed by atoms with Crippen LogP contribution in [0, 0.1) is 0 Å². The second-order valence-corrected chi connectivity index (χ2v) is 4.72. The zero-order valence-corrected chi connectivity index (χ0v) is 10.4. The summed E-state index contributed by atoms with van der Waals surface area (Å²) in [6.07, 6.45) is 5.16. The third-order valence-electron chi connectivity index (χ3n) is 3.19. The van der Waals surface area contributed by atoms with Crippen LogP contribution in [0.1, 0.15) is 46.0 Å². The SMILES string of the molecule is CCC(C)NC(=O)COC1CCC(N)CC1. The van der Waals surface area contributed by atoms with Crippen molar-refractivity contribution in [3.05, 3.63) is 0 Å². The van der Waals surface area contributed by atoms with Crippen LogP contribution in [-0.2, 0) is 9.53 Å². The molecule has 0 spiro atoms. The number of nitrogens with one attached hydrogen (secondary N) is 1. The Morgan fingerprint density at radius 2 is 2.06 bits per heavy atom. The Morgan fingerprint density at radius 3 is 2.62 bits per heavy atom. The van der Waals surface area contributed by atoms with Gasteiger partial charge in [-0.05, 0) is 39.0 Å². The molecule has 1 amide bonds. The van der Waals surface area contributed by atoms with Crippen LogP contribution in [0.3, 0.4) is 0 Å². The van der Waals surface area contributed by atoms with Crippen LogP contribution in [0.4, 0.5) is 0 Å². The molecule has 0 bridgehead atoms. The van der Waals surface area contributed by atoms with E-state index in [0.29, 0.717) is 6.04 Å². The molecule has 1 saturated carbocycles. The van der Waals surface area contributed by atoms with Crippen LogP contribution in [0.5, 0.6) is 0 Å². The lowest BCUT2D eigenvalue weighted by Gasteiger charge is -2.26. The maximum absolute atomic E-state index is 11.5. The van der Waals surface area contributed by atoms with Crippen molar-refractivity contribution in [2.45, 2.75) is 64.1 Å². The largest absolute Gasteiger partial charge is 0.368 e. The van der Waals surface area contributed by atoms with E-state index >= 15 is 0 Å². The summed E-state index contributed by atoms with van der Waals surface area (Å²) in [4.78, 5) is 11.5. The summed E-state index contributed by atoms with van der Waals surface area (Å²) in [7, 11) is 0. The maximum atomic E-state index is 11.5. The predicted octanol–water partition coefficient (Wildman–Crippen LogP) is 1.19. The van der Waals surface area contributed by atoms with E-state index in [4.69, 9.17) is 10.5 Å². The fourth-order valence-electron chi connectivity index (χ4n) is 1.87. The van der Waals surface area contributed by atoms with E-state index in [1.54, 1.807) is 0 Å². The molecule has 16 heavy (non-hydrogen) atoms. The lowest BCUT2D eigenvalue weighted by Crippen LogP contribution is -2.37. The molecule has 1 unspecified atom stereocenters. The van der Waals surface area contributed by atoms with Crippen LogP contribution < -0.4 is 11.1 Å². The van der Waals surface area contributed by atoms with E-state index in [-0.39, 0.29) is 24.7 Å². The van der Waals surface area contributed by atoms with Gasteiger partial charge in [0, 0.05) is 12.1 Å². The van der Waals surface area contributed by atoms with E-state index in [9.17, 15) is 4.79 Å². The summed E-state index contributed by atoms with van der Waals surface area (Å²) < 4.78 is 5.57. The standard InChI is InChI=1S/C12H24N2O2/c1-3-9(2)14-12(15)8-16-11-6-4-10(13)5-7-11/h9-11H,3-8,13H2,1-2H3,(H,14,15). The van der Waals surface area contributed by atoms with Gasteiger partial charge in [0.05, 0.1) is 6.10 Å². The molecule has 1 fully saturated rings. The maximum Gasteiger partial charge on any atom is 0.246 e. The minimum atomic E-state index is -0.00998. The zero-order chi connectivity index (χ0) is 12.0. The summed E-state index contributed by atoms with van der Waals surface area (Å²) in [5, 5.41) is 2.89. The van der Waals surface area contributed by atoms with Crippen molar-refractivity contribution in [1.29, 1.82) is 0 Å². The first-order chi connectivity index (χ1) is 7.61. The van der Waals surface area contributed by atoms with Crippen molar-refractivity contribution in [1.82, 2.24) is 5.32 Å². The highest BCUT2D eigenvalue weighted by Crippen LogP contribution is 2.19. The van der Waals surface area contributed by atoms with Crippen LogP contribution in [0.2, 0.25) is 0 Å². The summed E-state index contributed by atoms with van der Waals surface area (Å²) in [5.74, 6) is -0.00998. The number of ether oxygens (including phenoxy) is 1. The highest BCUT2D eigenvalue weighted by Gasteiger charge is 2.19. The van der Waals surface area contributed by atoms with Crippen LogP contribution in [0.25, 0.3) is 0 Å². The predicted molar refractivity (Wildman–Crippen MR) is 64.1 cm³/mol. The smallest absolute Gasteiger partial charge is 0.246 e. The summed E-state index contributed by atoms with van der Waals surface area (Å²) in [6, 6.07) is 0.560. The van der Waals surface area contributed by atoms with Crippen molar-refractivity contribution in [3.8, 4) is 0 Å². The number of nitrogens with two attached hydrogens (primary N) is 1. The van der Waals surface area contributed by atoms with Gasteiger partial charge in [0.2, 0.25) is 5.91 Å². The Bertz CT molecular complexity index is 213. The van der Waals surface area contributed by atoms with E-state index in [0.717, 1.165) is 32.1 Å². The van der Waals surface area contributed by atoms with Gasteiger partial charge in [0.25, 0.3) is 0 Å². The molecule has 0 radical (unpaired) electrons. The average molecular weight is 228 g/mol. The van der Waals surface area contributed by atoms with Gasteiger partial charge in [-0.1, -0.05) is 6.92 Å². The Morgan fingerprint density at radius 1 is 1.44 bits per heavy atom. The highest BCUT2D eigenvalue weighted by molar-refractivity contribution is 5.77. The molecule has 0 aliphatic heterocycles. The van der Waals surface area contributed by atoms with Gasteiger partial charge in [-0.25, -0.2) is 0 Å². The van der Waals surface area contributed by atoms with Crippen molar-refractivity contribution in [3.63, 3.8) is 0 Å². The zero-order valence-electron chi connectivity index (χ0n) is 10.4. The van der Waals surface area contributed by atoms with Gasteiger partial charge >= 0.3 is 0 Å².